The normalized spacial score (nSPS) is 14.8. The van der Waals surface area contributed by atoms with Gasteiger partial charge in [0.05, 0.1) is 12.2 Å². The van der Waals surface area contributed by atoms with Gasteiger partial charge in [0.1, 0.15) is 29.9 Å². The highest BCUT2D eigenvalue weighted by Crippen LogP contribution is 2.40. The second-order valence-corrected chi connectivity index (χ2v) is 6.54. The molecule has 0 aliphatic carbocycles. The Morgan fingerprint density at radius 3 is 2.56 bits per heavy atom. The van der Waals surface area contributed by atoms with Crippen molar-refractivity contribution in [1.29, 1.82) is 0 Å². The van der Waals surface area contributed by atoms with Crippen molar-refractivity contribution in [2.45, 2.75) is 25.0 Å². The second-order valence-electron chi connectivity index (χ2n) is 5.84. The molecule has 0 amide bonds. The fraction of sp³-hybridized carbons (Fsp3) is 0.250. The number of hydrogen-bond donors (Lipinski definition) is 1. The Kier molecular flexibility index (Phi) is 5.36. The molecule has 6 nitrogen and oxygen atoms in total. The van der Waals surface area contributed by atoms with Crippen molar-refractivity contribution < 1.29 is 18.3 Å². The number of benzene rings is 1. The van der Waals surface area contributed by atoms with Crippen LogP contribution in [-0.4, -0.2) is 29.8 Å². The van der Waals surface area contributed by atoms with E-state index in [-0.39, 0.29) is 23.1 Å². The smallest absolute Gasteiger partial charge is 0.242 e. The Bertz CT molecular complexity index is 986. The van der Waals surface area contributed by atoms with Gasteiger partial charge >= 0.3 is 0 Å². The number of aromatic nitrogens is 5. The highest BCUT2D eigenvalue weighted by molar-refractivity contribution is 6.29. The first-order valence-electron chi connectivity index (χ1n) is 7.61. The Balaban J connectivity index is 2.15. The summed E-state index contributed by atoms with van der Waals surface area (Å²) in [5.41, 5.74) is -2.61. The van der Waals surface area contributed by atoms with Gasteiger partial charge in [-0.05, 0) is 17.7 Å². The van der Waals surface area contributed by atoms with Gasteiger partial charge in [0.2, 0.25) is 5.28 Å². The molecule has 3 rings (SSSR count). The molecule has 142 valence electrons. The summed E-state index contributed by atoms with van der Waals surface area (Å²) < 4.78 is 43.4. The van der Waals surface area contributed by atoms with Crippen LogP contribution in [0.3, 0.4) is 0 Å². The van der Waals surface area contributed by atoms with Crippen LogP contribution < -0.4 is 0 Å². The maximum atomic E-state index is 14.5. The minimum atomic E-state index is -2.09. The van der Waals surface area contributed by atoms with Gasteiger partial charge in [-0.3, -0.25) is 0 Å². The largest absolute Gasteiger partial charge is 0.382 e. The highest BCUT2D eigenvalue weighted by atomic mass is 35.5. The lowest BCUT2D eigenvalue weighted by Gasteiger charge is -2.34. The van der Waals surface area contributed by atoms with Gasteiger partial charge < -0.3 is 5.11 Å². The molecule has 2 heterocycles. The third-order valence-electron chi connectivity index (χ3n) is 4.21. The van der Waals surface area contributed by atoms with E-state index < -0.39 is 34.1 Å². The summed E-state index contributed by atoms with van der Waals surface area (Å²) in [5.74, 6) is -3.92. The molecule has 0 unspecified atom stereocenters. The molecular weight excluding hydrogens is 406 g/mol. The van der Waals surface area contributed by atoms with Gasteiger partial charge in [0.15, 0.2) is 11.0 Å². The summed E-state index contributed by atoms with van der Waals surface area (Å²) in [4.78, 5) is 11.1. The molecule has 0 saturated heterocycles. The molecule has 27 heavy (non-hydrogen) atoms. The molecule has 1 aromatic carbocycles. The van der Waals surface area contributed by atoms with Gasteiger partial charge in [0.25, 0.3) is 0 Å². The van der Waals surface area contributed by atoms with Crippen molar-refractivity contribution in [2.75, 3.05) is 0 Å². The van der Waals surface area contributed by atoms with Gasteiger partial charge in [-0.2, -0.15) is 0 Å². The van der Waals surface area contributed by atoms with E-state index in [1.807, 2.05) is 0 Å². The highest BCUT2D eigenvalue weighted by Gasteiger charge is 2.42. The van der Waals surface area contributed by atoms with Crippen molar-refractivity contribution in [3.8, 4) is 0 Å². The molecule has 0 saturated carbocycles. The average molecular weight is 418 g/mol. The first-order chi connectivity index (χ1) is 12.7. The number of rotatable bonds is 5. The van der Waals surface area contributed by atoms with Crippen LogP contribution in [0.4, 0.5) is 13.2 Å². The number of halogens is 5. The Labute approximate surface area is 161 Å². The van der Waals surface area contributed by atoms with Crippen molar-refractivity contribution in [1.82, 2.24) is 24.7 Å². The maximum absolute atomic E-state index is 14.5. The van der Waals surface area contributed by atoms with E-state index in [0.29, 0.717) is 6.07 Å². The maximum Gasteiger partial charge on any atom is 0.242 e. The lowest BCUT2D eigenvalue weighted by molar-refractivity contribution is -0.0133. The van der Waals surface area contributed by atoms with Gasteiger partial charge in [0, 0.05) is 17.5 Å². The van der Waals surface area contributed by atoms with E-state index in [4.69, 9.17) is 23.2 Å². The quantitative estimate of drug-likeness (QED) is 0.643. The molecule has 0 fully saturated rings. The van der Waals surface area contributed by atoms with Crippen LogP contribution in [-0.2, 0) is 12.1 Å². The van der Waals surface area contributed by atoms with E-state index in [0.717, 1.165) is 23.1 Å². The van der Waals surface area contributed by atoms with Crippen LogP contribution in [0.2, 0.25) is 10.4 Å². The molecule has 11 heteroatoms. The molecular formula is C16H12Cl2F3N5O. The van der Waals surface area contributed by atoms with E-state index in [9.17, 15) is 18.3 Å². The average Bonchev–Trinajstić information content (AvgIpc) is 3.01. The molecule has 2 aromatic heterocycles. The number of nitrogens with zero attached hydrogens (tertiary/aromatic N) is 5. The third kappa shape index (κ3) is 3.76. The van der Waals surface area contributed by atoms with E-state index in [2.05, 4.69) is 20.1 Å². The van der Waals surface area contributed by atoms with E-state index >= 15 is 0 Å². The zero-order valence-electron chi connectivity index (χ0n) is 13.7. The topological polar surface area (TPSA) is 76.7 Å². The fourth-order valence-electron chi connectivity index (χ4n) is 2.78. The fourth-order valence-corrected chi connectivity index (χ4v) is 3.06. The van der Waals surface area contributed by atoms with Crippen LogP contribution in [0.15, 0.2) is 30.9 Å². The number of hydrogen-bond acceptors (Lipinski definition) is 5. The van der Waals surface area contributed by atoms with Crippen molar-refractivity contribution in [2.24, 2.45) is 0 Å². The summed E-state index contributed by atoms with van der Waals surface area (Å²) in [6.45, 7) is 1.06. The molecule has 0 spiro atoms. The third-order valence-corrected chi connectivity index (χ3v) is 4.65. The Morgan fingerprint density at radius 2 is 1.93 bits per heavy atom. The zero-order chi connectivity index (χ0) is 19.8. The van der Waals surface area contributed by atoms with Crippen LogP contribution in [0, 0.1) is 17.5 Å². The minimum absolute atomic E-state index is 0.0964. The SMILES string of the molecule is C[C@@H](c1ncnc(Cl)c1F)[C@@](O)(Cn1cnc(Cl)n1)c1ccc(F)cc1F. The Hall–Kier alpha value is -2.23. The van der Waals surface area contributed by atoms with Gasteiger partial charge in [-0.25, -0.2) is 32.8 Å². The lowest BCUT2D eigenvalue weighted by atomic mass is 9.79. The van der Waals surface area contributed by atoms with Crippen LogP contribution in [0.5, 0.6) is 0 Å². The standard InChI is InChI=1S/C16H12Cl2F3N5O/c1-8(13-12(21)14(17)23-6-22-13)16(27,5-26-7-24-15(18)25-26)10-3-2-9(19)4-11(10)20/h2-4,6-8,27H,5H2,1H3/t8-,16-/m0/s1. The first kappa shape index (κ1) is 19.5. The Morgan fingerprint density at radius 1 is 1.19 bits per heavy atom. The lowest BCUT2D eigenvalue weighted by Crippen LogP contribution is -2.39. The van der Waals surface area contributed by atoms with Crippen molar-refractivity contribution in [3.05, 3.63) is 70.0 Å². The predicted octanol–water partition coefficient (Wildman–Crippen LogP) is 3.48. The summed E-state index contributed by atoms with van der Waals surface area (Å²) in [6.07, 6.45) is 2.23. The van der Waals surface area contributed by atoms with Gasteiger partial charge in [-0.15, -0.1) is 5.10 Å². The summed E-state index contributed by atoms with van der Waals surface area (Å²) >= 11 is 11.4. The van der Waals surface area contributed by atoms with Crippen LogP contribution in [0.1, 0.15) is 24.1 Å². The second kappa shape index (κ2) is 7.41. The molecule has 0 aliphatic rings. The minimum Gasteiger partial charge on any atom is -0.382 e. The van der Waals surface area contributed by atoms with Crippen molar-refractivity contribution >= 4 is 23.2 Å². The zero-order valence-corrected chi connectivity index (χ0v) is 15.3. The number of aliphatic hydroxyl groups is 1. The molecule has 0 bridgehead atoms. The predicted molar refractivity (Wildman–Crippen MR) is 90.7 cm³/mol. The van der Waals surface area contributed by atoms with E-state index in [1.54, 1.807) is 0 Å². The van der Waals surface area contributed by atoms with Crippen LogP contribution >= 0.6 is 23.2 Å². The first-order valence-corrected chi connectivity index (χ1v) is 8.36. The monoisotopic (exact) mass is 417 g/mol. The summed E-state index contributed by atoms with van der Waals surface area (Å²) in [7, 11) is 0. The van der Waals surface area contributed by atoms with Crippen molar-refractivity contribution in [3.63, 3.8) is 0 Å². The summed E-state index contributed by atoms with van der Waals surface area (Å²) in [6, 6.07) is 2.67. The van der Waals surface area contributed by atoms with Crippen LogP contribution in [0.25, 0.3) is 0 Å². The van der Waals surface area contributed by atoms with Gasteiger partial charge in [-0.1, -0.05) is 24.6 Å². The molecule has 3 aromatic rings. The molecule has 0 radical (unpaired) electrons. The molecule has 0 aliphatic heterocycles. The van der Waals surface area contributed by atoms with E-state index in [1.165, 1.54) is 13.3 Å². The summed E-state index contributed by atoms with van der Waals surface area (Å²) in [5, 5.41) is 14.7. The molecule has 2 atom stereocenters. The molecule has 1 N–H and O–H groups in total.